The van der Waals surface area contributed by atoms with Crippen LogP contribution in [0.15, 0.2) is 97.1 Å². The van der Waals surface area contributed by atoms with Gasteiger partial charge >= 0.3 is 0 Å². The highest BCUT2D eigenvalue weighted by Crippen LogP contribution is 2.39. The van der Waals surface area contributed by atoms with Crippen molar-refractivity contribution in [2.24, 2.45) is 0 Å². The standard InChI is InChI=1S/C44H54N4O6/c45-39-12-5-6-13-40(39)47-43(52)15-4-2-1-3-14-42(51)46-27-32-9-7-10-36(25-32)33-20-22-35(23-21-33)44-53-38(28-48-24-8-11-37(48)30-50)26-41(54-44)34-18-16-31(29-49)17-19-34/h5-7,9-10,12-13,16-23,25,37-38,41,44,49-50H,1-4,8,11,14-15,24,26-30,45H2,(H,46,51)(H,47,52)/t37-,38+,41-,44-/m0/s1. The monoisotopic (exact) mass is 734 g/mol. The number of likely N-dealkylation sites (tertiary alicyclic amines) is 1. The molecule has 2 aliphatic heterocycles. The van der Waals surface area contributed by atoms with Gasteiger partial charge in [0.2, 0.25) is 11.8 Å². The first-order valence-corrected chi connectivity index (χ1v) is 19.3. The van der Waals surface area contributed by atoms with Gasteiger partial charge in [-0.15, -0.1) is 0 Å². The maximum atomic E-state index is 12.6. The van der Waals surface area contributed by atoms with Crippen LogP contribution in [0.3, 0.4) is 0 Å². The van der Waals surface area contributed by atoms with E-state index in [-0.39, 0.29) is 43.3 Å². The normalized spacial score (nSPS) is 20.1. The Morgan fingerprint density at radius 1 is 0.778 bits per heavy atom. The number of nitrogen functional groups attached to an aromatic ring is 1. The fourth-order valence-electron chi connectivity index (χ4n) is 7.37. The molecule has 54 heavy (non-hydrogen) atoms. The second-order valence-electron chi connectivity index (χ2n) is 14.5. The Kier molecular flexibility index (Phi) is 14.2. The summed E-state index contributed by atoms with van der Waals surface area (Å²) in [4.78, 5) is 27.1. The van der Waals surface area contributed by atoms with Crippen molar-refractivity contribution >= 4 is 23.2 Å². The molecule has 0 unspecified atom stereocenters. The van der Waals surface area contributed by atoms with Crippen molar-refractivity contribution < 1.29 is 29.3 Å². The SMILES string of the molecule is Nc1ccccc1NC(=O)CCCCCCC(=O)NCc1cccc(-c2ccc([C@H]3O[C@@H](CN4CCC[C@H]4CO)C[C@@H](c4ccc(CO)cc4)O3)cc2)c1. The van der Waals surface area contributed by atoms with Crippen LogP contribution in [0, 0.1) is 0 Å². The zero-order valence-electron chi connectivity index (χ0n) is 31.0. The Morgan fingerprint density at radius 3 is 2.26 bits per heavy atom. The van der Waals surface area contributed by atoms with Crippen molar-refractivity contribution in [1.82, 2.24) is 10.2 Å². The smallest absolute Gasteiger partial charge is 0.224 e. The summed E-state index contributed by atoms with van der Waals surface area (Å²) in [6.45, 7) is 2.31. The molecule has 4 atom stereocenters. The number of anilines is 2. The number of nitrogens with one attached hydrogen (secondary N) is 2. The number of carbonyl (C=O) groups excluding carboxylic acids is 2. The molecule has 6 N–H and O–H groups in total. The van der Waals surface area contributed by atoms with Gasteiger partial charge in [-0.05, 0) is 78.2 Å². The number of unbranched alkanes of at least 4 members (excludes halogenated alkanes) is 3. The van der Waals surface area contributed by atoms with Crippen LogP contribution in [0.5, 0.6) is 0 Å². The molecule has 2 aliphatic rings. The van der Waals surface area contributed by atoms with Gasteiger partial charge in [-0.2, -0.15) is 0 Å². The highest BCUT2D eigenvalue weighted by Gasteiger charge is 2.35. The summed E-state index contributed by atoms with van der Waals surface area (Å²) in [5, 5.41) is 25.4. The number of ether oxygens (including phenoxy) is 2. The van der Waals surface area contributed by atoms with Crippen molar-refractivity contribution in [1.29, 1.82) is 0 Å². The van der Waals surface area contributed by atoms with E-state index in [0.717, 1.165) is 85.0 Å². The third-order valence-corrected chi connectivity index (χ3v) is 10.5. The molecule has 0 spiro atoms. The van der Waals surface area contributed by atoms with Gasteiger partial charge in [0.15, 0.2) is 6.29 Å². The molecule has 0 bridgehead atoms. The Hall–Kier alpha value is -4.58. The average molecular weight is 735 g/mol. The van der Waals surface area contributed by atoms with E-state index in [9.17, 15) is 19.8 Å². The van der Waals surface area contributed by atoms with Gasteiger partial charge in [-0.25, -0.2) is 0 Å². The molecule has 0 saturated carbocycles. The van der Waals surface area contributed by atoms with E-state index in [1.165, 1.54) is 0 Å². The average Bonchev–Trinajstić information content (AvgIpc) is 3.66. The molecule has 2 heterocycles. The molecule has 10 nitrogen and oxygen atoms in total. The van der Waals surface area contributed by atoms with Crippen molar-refractivity contribution in [3.63, 3.8) is 0 Å². The lowest BCUT2D eigenvalue weighted by molar-refractivity contribution is -0.253. The Morgan fingerprint density at radius 2 is 1.52 bits per heavy atom. The second kappa shape index (κ2) is 19.7. The van der Waals surface area contributed by atoms with Crippen LogP contribution < -0.4 is 16.4 Å². The molecule has 286 valence electrons. The van der Waals surface area contributed by atoms with Gasteiger partial charge < -0.3 is 36.1 Å². The molecule has 4 aromatic carbocycles. The molecule has 2 saturated heterocycles. The first-order valence-electron chi connectivity index (χ1n) is 19.3. The highest BCUT2D eigenvalue weighted by molar-refractivity contribution is 5.93. The van der Waals surface area contributed by atoms with Gasteiger partial charge in [-0.1, -0.05) is 91.7 Å². The van der Waals surface area contributed by atoms with Crippen LogP contribution in [0.1, 0.15) is 92.4 Å². The van der Waals surface area contributed by atoms with E-state index in [1.807, 2.05) is 48.5 Å². The van der Waals surface area contributed by atoms with E-state index in [2.05, 4.69) is 51.9 Å². The lowest BCUT2D eigenvalue weighted by Crippen LogP contribution is -2.42. The van der Waals surface area contributed by atoms with Gasteiger partial charge in [0.05, 0.1) is 36.8 Å². The van der Waals surface area contributed by atoms with Crippen LogP contribution in [0.4, 0.5) is 11.4 Å². The number of benzene rings is 4. The molecule has 0 aromatic heterocycles. The maximum absolute atomic E-state index is 12.6. The molecule has 2 amide bonds. The number of aliphatic hydroxyl groups is 2. The van der Waals surface area contributed by atoms with Crippen LogP contribution in [-0.2, 0) is 32.2 Å². The number of amides is 2. The zero-order valence-corrected chi connectivity index (χ0v) is 31.0. The fraction of sp³-hybridized carbons (Fsp3) is 0.409. The highest BCUT2D eigenvalue weighted by atomic mass is 16.7. The Labute approximate surface area is 318 Å². The summed E-state index contributed by atoms with van der Waals surface area (Å²) in [5.41, 5.74) is 13.1. The van der Waals surface area contributed by atoms with Crippen LogP contribution in [0.2, 0.25) is 0 Å². The largest absolute Gasteiger partial charge is 0.397 e. The van der Waals surface area contributed by atoms with Crippen LogP contribution in [-0.4, -0.2) is 58.8 Å². The Balaban J connectivity index is 0.979. The summed E-state index contributed by atoms with van der Waals surface area (Å²) in [7, 11) is 0. The lowest BCUT2D eigenvalue weighted by Gasteiger charge is -2.38. The quantitative estimate of drug-likeness (QED) is 0.0575. The van der Waals surface area contributed by atoms with Gasteiger partial charge in [-0.3, -0.25) is 14.5 Å². The van der Waals surface area contributed by atoms with Crippen molar-refractivity contribution in [2.45, 2.75) is 95.5 Å². The number of rotatable bonds is 17. The molecule has 0 aliphatic carbocycles. The van der Waals surface area contributed by atoms with Crippen molar-refractivity contribution in [2.75, 3.05) is 30.7 Å². The molecule has 4 aromatic rings. The second-order valence-corrected chi connectivity index (χ2v) is 14.5. The van der Waals surface area contributed by atoms with E-state index < -0.39 is 6.29 Å². The molecule has 0 radical (unpaired) electrons. The van der Waals surface area contributed by atoms with E-state index in [4.69, 9.17) is 15.2 Å². The summed E-state index contributed by atoms with van der Waals surface area (Å²) >= 11 is 0. The van der Waals surface area contributed by atoms with E-state index in [1.54, 1.807) is 12.1 Å². The molecule has 6 rings (SSSR count). The third kappa shape index (κ3) is 11.0. The first kappa shape index (κ1) is 39.1. The van der Waals surface area contributed by atoms with Crippen molar-refractivity contribution in [3.05, 3.63) is 119 Å². The number of hydrogen-bond donors (Lipinski definition) is 5. The molecular weight excluding hydrogens is 681 g/mol. The fourth-order valence-corrected chi connectivity index (χ4v) is 7.37. The predicted molar refractivity (Wildman–Crippen MR) is 211 cm³/mol. The molecule has 2 fully saturated rings. The van der Waals surface area contributed by atoms with Gasteiger partial charge in [0.1, 0.15) is 0 Å². The summed E-state index contributed by atoms with van der Waals surface area (Å²) in [6, 6.07) is 31.8. The minimum absolute atomic E-state index is 0.000236. The summed E-state index contributed by atoms with van der Waals surface area (Å²) < 4.78 is 13.1. The topological polar surface area (TPSA) is 146 Å². The minimum Gasteiger partial charge on any atom is -0.397 e. The Bertz CT molecular complexity index is 1800. The predicted octanol–water partition coefficient (Wildman–Crippen LogP) is 7.03. The van der Waals surface area contributed by atoms with Gasteiger partial charge in [0, 0.05) is 44.0 Å². The number of nitrogens with zero attached hydrogens (tertiary/aromatic N) is 1. The molecule has 10 heteroatoms. The minimum atomic E-state index is -0.545. The number of hydrogen-bond acceptors (Lipinski definition) is 8. The maximum Gasteiger partial charge on any atom is 0.224 e. The van der Waals surface area contributed by atoms with Crippen LogP contribution >= 0.6 is 0 Å². The van der Waals surface area contributed by atoms with E-state index in [0.29, 0.717) is 37.2 Å². The van der Waals surface area contributed by atoms with Gasteiger partial charge in [0.25, 0.3) is 0 Å². The number of aliphatic hydroxyl groups excluding tert-OH is 2. The summed E-state index contributed by atoms with van der Waals surface area (Å²) in [5.74, 6) is -0.0290. The number of carbonyl (C=O) groups is 2. The molecular formula is C44H54N4O6. The summed E-state index contributed by atoms with van der Waals surface area (Å²) in [6.07, 6.45) is 6.20. The third-order valence-electron chi connectivity index (χ3n) is 10.5. The van der Waals surface area contributed by atoms with E-state index >= 15 is 0 Å². The zero-order chi connectivity index (χ0) is 37.7. The van der Waals surface area contributed by atoms with Crippen molar-refractivity contribution in [3.8, 4) is 11.1 Å². The van der Waals surface area contributed by atoms with Crippen LogP contribution in [0.25, 0.3) is 11.1 Å². The first-order chi connectivity index (χ1) is 26.4. The number of nitrogens with two attached hydrogens (primary N) is 1. The number of para-hydroxylation sites is 2. The lowest BCUT2D eigenvalue weighted by atomic mass is 9.98.